The standard InChI is InChI=1S/C25H25N5O3/c1-18-26-14-16-29(18)20-12-10-19(11-13-20)24-27-25(33-28-24)22-9-5-6-15-30(22)23(31)17-32-21-7-3-2-4-8-21/h2-4,7-8,10-14,16,22H,5-6,9,15,17H2,1H3. The first-order valence-corrected chi connectivity index (χ1v) is 11.1. The number of rotatable bonds is 6. The fraction of sp³-hybridized carbons (Fsp3) is 0.280. The fourth-order valence-electron chi connectivity index (χ4n) is 4.14. The Morgan fingerprint density at radius 1 is 1.12 bits per heavy atom. The minimum absolute atomic E-state index is 0.0172. The average Bonchev–Trinajstić information content (AvgIpc) is 3.53. The molecule has 3 heterocycles. The minimum atomic E-state index is -0.236. The lowest BCUT2D eigenvalue weighted by Crippen LogP contribution is -2.41. The zero-order valence-electron chi connectivity index (χ0n) is 18.4. The molecule has 8 nitrogen and oxygen atoms in total. The molecule has 0 aliphatic carbocycles. The van der Waals surface area contributed by atoms with Crippen molar-refractivity contribution in [2.75, 3.05) is 13.2 Å². The number of aromatic nitrogens is 4. The lowest BCUT2D eigenvalue weighted by Gasteiger charge is -2.33. The highest BCUT2D eigenvalue weighted by atomic mass is 16.5. The van der Waals surface area contributed by atoms with Crippen LogP contribution in [0.5, 0.6) is 5.75 Å². The van der Waals surface area contributed by atoms with E-state index < -0.39 is 0 Å². The van der Waals surface area contributed by atoms with Gasteiger partial charge in [-0.25, -0.2) is 4.98 Å². The summed E-state index contributed by atoms with van der Waals surface area (Å²) >= 11 is 0. The molecule has 168 valence electrons. The number of benzene rings is 2. The summed E-state index contributed by atoms with van der Waals surface area (Å²) in [4.78, 5) is 23.6. The third-order valence-corrected chi connectivity index (χ3v) is 5.88. The largest absolute Gasteiger partial charge is 0.484 e. The number of carbonyl (C=O) groups excluding carboxylic acids is 1. The second-order valence-electron chi connectivity index (χ2n) is 8.05. The molecule has 1 amide bonds. The zero-order chi connectivity index (χ0) is 22.6. The van der Waals surface area contributed by atoms with Crippen LogP contribution in [0.15, 0.2) is 71.5 Å². The maximum Gasteiger partial charge on any atom is 0.261 e. The second kappa shape index (κ2) is 9.28. The Morgan fingerprint density at radius 3 is 2.70 bits per heavy atom. The normalized spacial score (nSPS) is 16.0. The average molecular weight is 444 g/mol. The van der Waals surface area contributed by atoms with Crippen LogP contribution in [-0.4, -0.2) is 43.7 Å². The van der Waals surface area contributed by atoms with E-state index in [2.05, 4.69) is 15.1 Å². The molecular weight excluding hydrogens is 418 g/mol. The lowest BCUT2D eigenvalue weighted by atomic mass is 10.0. The van der Waals surface area contributed by atoms with Gasteiger partial charge in [-0.1, -0.05) is 23.4 Å². The molecule has 2 aromatic heterocycles. The molecule has 0 spiro atoms. The zero-order valence-corrected chi connectivity index (χ0v) is 18.4. The summed E-state index contributed by atoms with van der Waals surface area (Å²) in [5.41, 5.74) is 1.87. The molecule has 0 saturated carbocycles. The lowest BCUT2D eigenvalue weighted by molar-refractivity contribution is -0.138. The van der Waals surface area contributed by atoms with Gasteiger partial charge in [0.05, 0.1) is 0 Å². The molecule has 1 aliphatic heterocycles. The number of carbonyl (C=O) groups is 1. The van der Waals surface area contributed by atoms with Gasteiger partial charge in [0.1, 0.15) is 17.6 Å². The third-order valence-electron chi connectivity index (χ3n) is 5.88. The van der Waals surface area contributed by atoms with Crippen LogP contribution in [-0.2, 0) is 4.79 Å². The van der Waals surface area contributed by atoms with E-state index >= 15 is 0 Å². The first kappa shape index (κ1) is 20.9. The van der Waals surface area contributed by atoms with Crippen molar-refractivity contribution in [3.05, 3.63) is 78.7 Å². The molecule has 0 bridgehead atoms. The van der Waals surface area contributed by atoms with Gasteiger partial charge in [0, 0.05) is 30.2 Å². The van der Waals surface area contributed by atoms with E-state index in [9.17, 15) is 4.79 Å². The van der Waals surface area contributed by atoms with Gasteiger partial charge in [0.25, 0.3) is 5.91 Å². The van der Waals surface area contributed by atoms with E-state index in [0.717, 1.165) is 36.3 Å². The molecule has 0 N–H and O–H groups in total. The van der Waals surface area contributed by atoms with Crippen LogP contribution >= 0.6 is 0 Å². The van der Waals surface area contributed by atoms with E-state index in [1.54, 1.807) is 11.1 Å². The van der Waals surface area contributed by atoms with Crippen LogP contribution < -0.4 is 4.74 Å². The smallest absolute Gasteiger partial charge is 0.261 e. The highest BCUT2D eigenvalue weighted by molar-refractivity contribution is 5.78. The molecule has 8 heteroatoms. The number of amides is 1. The Labute approximate surface area is 191 Å². The van der Waals surface area contributed by atoms with Gasteiger partial charge < -0.3 is 18.7 Å². The highest BCUT2D eigenvalue weighted by Crippen LogP contribution is 2.31. The Bertz CT molecular complexity index is 1220. The molecule has 2 aromatic carbocycles. The van der Waals surface area contributed by atoms with Crippen LogP contribution in [0.4, 0.5) is 0 Å². The number of hydrogen-bond acceptors (Lipinski definition) is 6. The Balaban J connectivity index is 1.30. The molecule has 33 heavy (non-hydrogen) atoms. The number of nitrogens with zero attached hydrogens (tertiary/aromatic N) is 5. The van der Waals surface area contributed by atoms with Gasteiger partial charge in [-0.15, -0.1) is 0 Å². The van der Waals surface area contributed by atoms with Crippen molar-refractivity contribution in [1.82, 2.24) is 24.6 Å². The molecule has 1 fully saturated rings. The molecule has 1 atom stereocenters. The second-order valence-corrected chi connectivity index (χ2v) is 8.05. The predicted molar refractivity (Wildman–Crippen MR) is 122 cm³/mol. The summed E-state index contributed by atoms with van der Waals surface area (Å²) in [6.07, 6.45) is 6.44. The van der Waals surface area contributed by atoms with E-state index in [0.29, 0.717) is 24.0 Å². The summed E-state index contributed by atoms with van der Waals surface area (Å²) in [6, 6.07) is 17.0. The SMILES string of the molecule is Cc1nccn1-c1ccc(-c2noc(C3CCCCN3C(=O)COc3ccccc3)n2)cc1. The predicted octanol–water partition coefficient (Wildman–Crippen LogP) is 4.36. The number of piperidine rings is 1. The summed E-state index contributed by atoms with van der Waals surface area (Å²) in [5, 5.41) is 4.18. The van der Waals surface area contributed by atoms with E-state index in [4.69, 9.17) is 9.26 Å². The van der Waals surface area contributed by atoms with Gasteiger partial charge in [-0.2, -0.15) is 4.98 Å². The summed E-state index contributed by atoms with van der Waals surface area (Å²) in [5.74, 6) is 2.49. The molecule has 0 radical (unpaired) electrons. The number of para-hydroxylation sites is 1. The van der Waals surface area contributed by atoms with Crippen LogP contribution in [0.3, 0.4) is 0 Å². The van der Waals surface area contributed by atoms with Crippen molar-refractivity contribution >= 4 is 5.91 Å². The monoisotopic (exact) mass is 443 g/mol. The Hall–Kier alpha value is -3.94. The fourth-order valence-corrected chi connectivity index (χ4v) is 4.14. The van der Waals surface area contributed by atoms with Crippen molar-refractivity contribution in [3.8, 4) is 22.8 Å². The van der Waals surface area contributed by atoms with Gasteiger partial charge in [0.15, 0.2) is 6.61 Å². The number of hydrogen-bond donors (Lipinski definition) is 0. The van der Waals surface area contributed by atoms with Crippen molar-refractivity contribution < 1.29 is 14.1 Å². The molecule has 1 saturated heterocycles. The highest BCUT2D eigenvalue weighted by Gasteiger charge is 2.32. The Kier molecular flexibility index (Phi) is 5.89. The van der Waals surface area contributed by atoms with Crippen molar-refractivity contribution in [2.45, 2.75) is 32.2 Å². The van der Waals surface area contributed by atoms with Crippen LogP contribution in [0, 0.1) is 6.92 Å². The summed E-state index contributed by atoms with van der Waals surface area (Å²) < 4.78 is 13.3. The molecular formula is C25H25N5O3. The van der Waals surface area contributed by atoms with Crippen LogP contribution in [0.1, 0.15) is 37.0 Å². The number of ether oxygens (including phenoxy) is 1. The topological polar surface area (TPSA) is 86.3 Å². The Morgan fingerprint density at radius 2 is 1.94 bits per heavy atom. The van der Waals surface area contributed by atoms with E-state index in [1.165, 1.54) is 0 Å². The first-order chi connectivity index (χ1) is 16.2. The quantitative estimate of drug-likeness (QED) is 0.440. The van der Waals surface area contributed by atoms with Crippen LogP contribution in [0.2, 0.25) is 0 Å². The van der Waals surface area contributed by atoms with Crippen LogP contribution in [0.25, 0.3) is 17.1 Å². The van der Waals surface area contributed by atoms with E-state index in [-0.39, 0.29) is 18.6 Å². The molecule has 5 rings (SSSR count). The maximum absolute atomic E-state index is 12.9. The number of aryl methyl sites for hydroxylation is 1. The van der Waals surface area contributed by atoms with Crippen molar-refractivity contribution in [1.29, 1.82) is 0 Å². The van der Waals surface area contributed by atoms with Gasteiger partial charge in [-0.05, 0) is 62.6 Å². The maximum atomic E-state index is 12.9. The van der Waals surface area contributed by atoms with Gasteiger partial charge >= 0.3 is 0 Å². The number of likely N-dealkylation sites (tertiary alicyclic amines) is 1. The third kappa shape index (κ3) is 4.50. The summed E-state index contributed by atoms with van der Waals surface area (Å²) in [6.45, 7) is 2.59. The van der Waals surface area contributed by atoms with Gasteiger partial charge in [0.2, 0.25) is 11.7 Å². The molecule has 1 aliphatic rings. The minimum Gasteiger partial charge on any atom is -0.484 e. The molecule has 4 aromatic rings. The summed E-state index contributed by atoms with van der Waals surface area (Å²) in [7, 11) is 0. The van der Waals surface area contributed by atoms with Crippen molar-refractivity contribution in [3.63, 3.8) is 0 Å². The van der Waals surface area contributed by atoms with Crippen molar-refractivity contribution in [2.24, 2.45) is 0 Å². The van der Waals surface area contributed by atoms with E-state index in [1.807, 2.05) is 72.3 Å². The molecule has 1 unspecified atom stereocenters. The van der Waals surface area contributed by atoms with Gasteiger partial charge in [-0.3, -0.25) is 4.79 Å². The number of imidazole rings is 1. The first-order valence-electron chi connectivity index (χ1n) is 11.1.